The van der Waals surface area contributed by atoms with Crippen molar-refractivity contribution < 1.29 is 14.3 Å². The van der Waals surface area contributed by atoms with Gasteiger partial charge in [0.15, 0.2) is 0 Å². The summed E-state index contributed by atoms with van der Waals surface area (Å²) >= 11 is 7.17. The number of amides is 1. The number of hydrogen-bond acceptors (Lipinski definition) is 7. The Kier molecular flexibility index (Phi) is 5.51. The van der Waals surface area contributed by atoms with Crippen molar-refractivity contribution in [3.63, 3.8) is 0 Å². The minimum atomic E-state index is -0.688. The summed E-state index contributed by atoms with van der Waals surface area (Å²) in [7, 11) is 0. The van der Waals surface area contributed by atoms with Gasteiger partial charge in [-0.2, -0.15) is 0 Å². The van der Waals surface area contributed by atoms with Crippen molar-refractivity contribution in [1.82, 2.24) is 15.0 Å². The standard InChI is InChI=1S/C24H17ClFN5O2S/c1-11-2-4-13-14(6-7-28-16(13)8-12-3-5-17(32)18(25)19(12)26)20(11)31-24(33)15-9-34-22-21(15)29-10-30-23(22)27/h2-7,9-10,32H,8H2,1H3,(H,31,33)(H2,27,29,30). The van der Waals surface area contributed by atoms with Crippen molar-refractivity contribution in [2.75, 3.05) is 11.1 Å². The lowest BCUT2D eigenvalue weighted by Gasteiger charge is -2.14. The van der Waals surface area contributed by atoms with Gasteiger partial charge in [-0.05, 0) is 30.2 Å². The summed E-state index contributed by atoms with van der Waals surface area (Å²) in [5.41, 5.74) is 9.18. The minimum absolute atomic E-state index is 0.158. The first-order valence-corrected chi connectivity index (χ1v) is 11.4. The van der Waals surface area contributed by atoms with Gasteiger partial charge in [0.25, 0.3) is 5.91 Å². The Bertz CT molecular complexity index is 1600. The second kappa shape index (κ2) is 8.51. The molecule has 0 saturated heterocycles. The lowest BCUT2D eigenvalue weighted by molar-refractivity contribution is 0.102. The van der Waals surface area contributed by atoms with E-state index >= 15 is 0 Å². The number of aryl methyl sites for hydroxylation is 1. The molecule has 3 heterocycles. The summed E-state index contributed by atoms with van der Waals surface area (Å²) in [6, 6.07) is 8.38. The van der Waals surface area contributed by atoms with E-state index in [0.717, 1.165) is 16.3 Å². The van der Waals surface area contributed by atoms with Crippen LogP contribution in [0.25, 0.3) is 21.0 Å². The number of hydrogen-bond donors (Lipinski definition) is 3. The SMILES string of the molecule is Cc1ccc2c(Cc3ccc(O)c(Cl)c3F)nccc2c1NC(=O)c1csc2c(N)ncnc12. The molecular weight excluding hydrogens is 477 g/mol. The van der Waals surface area contributed by atoms with Crippen LogP contribution in [0, 0.1) is 12.7 Å². The molecule has 0 aliphatic rings. The Labute approximate surface area is 202 Å². The van der Waals surface area contributed by atoms with Gasteiger partial charge in [0.05, 0.1) is 27.2 Å². The number of pyridine rings is 1. The first kappa shape index (κ1) is 22.0. The van der Waals surface area contributed by atoms with Gasteiger partial charge in [-0.3, -0.25) is 9.78 Å². The molecule has 34 heavy (non-hydrogen) atoms. The third-order valence-electron chi connectivity index (χ3n) is 5.60. The number of nitrogen functional groups attached to an aromatic ring is 1. The fraction of sp³-hybridized carbons (Fsp3) is 0.0833. The molecule has 170 valence electrons. The molecule has 0 aliphatic carbocycles. The average Bonchev–Trinajstić information content (AvgIpc) is 3.27. The predicted octanol–water partition coefficient (Wildman–Crippen LogP) is 5.47. The summed E-state index contributed by atoms with van der Waals surface area (Å²) in [5, 5.41) is 15.5. The van der Waals surface area contributed by atoms with Gasteiger partial charge >= 0.3 is 0 Å². The summed E-state index contributed by atoms with van der Waals surface area (Å²) in [6.45, 7) is 1.89. The number of nitrogens with one attached hydrogen (secondary N) is 1. The Morgan fingerprint density at radius 3 is 2.82 bits per heavy atom. The zero-order valence-corrected chi connectivity index (χ0v) is 19.3. The smallest absolute Gasteiger partial charge is 0.258 e. The number of phenols is 1. The van der Waals surface area contributed by atoms with E-state index in [0.29, 0.717) is 38.5 Å². The molecule has 5 aromatic rings. The Morgan fingerprint density at radius 2 is 2.00 bits per heavy atom. The number of carbonyl (C=O) groups excluding carboxylic acids is 1. The van der Waals surface area contributed by atoms with Gasteiger partial charge in [0.2, 0.25) is 0 Å². The Balaban J connectivity index is 1.55. The summed E-state index contributed by atoms with van der Waals surface area (Å²) in [4.78, 5) is 25.8. The molecule has 4 N–H and O–H groups in total. The highest BCUT2D eigenvalue weighted by molar-refractivity contribution is 7.18. The van der Waals surface area contributed by atoms with Crippen molar-refractivity contribution >= 4 is 61.3 Å². The molecule has 0 aliphatic heterocycles. The fourth-order valence-electron chi connectivity index (χ4n) is 3.84. The molecule has 5 rings (SSSR count). The second-order valence-electron chi connectivity index (χ2n) is 7.70. The van der Waals surface area contributed by atoms with Crippen molar-refractivity contribution in [3.05, 3.63) is 81.5 Å². The first-order chi connectivity index (χ1) is 16.3. The average molecular weight is 494 g/mol. The molecule has 0 atom stereocenters. The van der Waals surface area contributed by atoms with E-state index in [-0.39, 0.29) is 23.1 Å². The van der Waals surface area contributed by atoms with Gasteiger partial charge in [-0.25, -0.2) is 14.4 Å². The van der Waals surface area contributed by atoms with E-state index in [1.807, 2.05) is 19.1 Å². The minimum Gasteiger partial charge on any atom is -0.506 e. The third kappa shape index (κ3) is 3.68. The van der Waals surface area contributed by atoms with Crippen LogP contribution in [-0.2, 0) is 6.42 Å². The first-order valence-electron chi connectivity index (χ1n) is 10.2. The van der Waals surface area contributed by atoms with Crippen LogP contribution in [0.5, 0.6) is 5.75 Å². The molecule has 0 spiro atoms. The van der Waals surface area contributed by atoms with Crippen LogP contribution >= 0.6 is 22.9 Å². The molecular formula is C24H17ClFN5O2S. The number of thiophene rings is 1. The maximum atomic E-state index is 14.6. The molecule has 10 heteroatoms. The third-order valence-corrected chi connectivity index (χ3v) is 6.95. The van der Waals surface area contributed by atoms with Crippen molar-refractivity contribution in [2.45, 2.75) is 13.3 Å². The van der Waals surface area contributed by atoms with Crippen LogP contribution in [0.2, 0.25) is 5.02 Å². The van der Waals surface area contributed by atoms with Gasteiger partial charge in [-0.15, -0.1) is 11.3 Å². The number of halogens is 2. The monoisotopic (exact) mass is 493 g/mol. The van der Waals surface area contributed by atoms with Crippen molar-refractivity contribution in [1.29, 1.82) is 0 Å². The Hall–Kier alpha value is -3.82. The molecule has 3 aromatic heterocycles. The molecule has 0 bridgehead atoms. The van der Waals surface area contributed by atoms with Gasteiger partial charge < -0.3 is 16.2 Å². The molecule has 0 fully saturated rings. The van der Waals surface area contributed by atoms with Crippen LogP contribution in [0.3, 0.4) is 0 Å². The van der Waals surface area contributed by atoms with Crippen LogP contribution in [-0.4, -0.2) is 26.0 Å². The normalized spacial score (nSPS) is 11.3. The van der Waals surface area contributed by atoms with Crippen LogP contribution < -0.4 is 11.1 Å². The molecule has 1 amide bonds. The topological polar surface area (TPSA) is 114 Å². The number of carbonyl (C=O) groups is 1. The highest BCUT2D eigenvalue weighted by atomic mass is 35.5. The largest absolute Gasteiger partial charge is 0.506 e. The highest BCUT2D eigenvalue weighted by Crippen LogP contribution is 2.34. The van der Waals surface area contributed by atoms with Crippen molar-refractivity contribution in [2.24, 2.45) is 0 Å². The van der Waals surface area contributed by atoms with Gasteiger partial charge in [0.1, 0.15) is 28.7 Å². The number of benzene rings is 2. The number of aromatic hydroxyl groups is 1. The second-order valence-corrected chi connectivity index (χ2v) is 8.96. The zero-order valence-electron chi connectivity index (χ0n) is 17.8. The fourth-order valence-corrected chi connectivity index (χ4v) is 4.93. The van der Waals surface area contributed by atoms with E-state index in [9.17, 15) is 14.3 Å². The molecule has 7 nitrogen and oxygen atoms in total. The maximum absolute atomic E-state index is 14.6. The molecule has 0 unspecified atom stereocenters. The van der Waals surface area contributed by atoms with Gasteiger partial charge in [-0.1, -0.05) is 29.8 Å². The Morgan fingerprint density at radius 1 is 1.18 bits per heavy atom. The highest BCUT2D eigenvalue weighted by Gasteiger charge is 2.19. The lowest BCUT2D eigenvalue weighted by atomic mass is 10.00. The number of rotatable bonds is 4. The summed E-state index contributed by atoms with van der Waals surface area (Å²) in [6.07, 6.45) is 3.10. The van der Waals surface area contributed by atoms with Crippen LogP contribution in [0.1, 0.15) is 27.2 Å². The maximum Gasteiger partial charge on any atom is 0.258 e. The van der Waals surface area contributed by atoms with Crippen LogP contribution in [0.4, 0.5) is 15.9 Å². The predicted molar refractivity (Wildman–Crippen MR) is 132 cm³/mol. The number of fused-ring (bicyclic) bond motifs is 2. The van der Waals surface area contributed by atoms with Gasteiger partial charge in [0, 0.05) is 28.8 Å². The zero-order chi connectivity index (χ0) is 24.0. The van der Waals surface area contributed by atoms with Crippen molar-refractivity contribution in [3.8, 4) is 5.75 Å². The van der Waals surface area contributed by atoms with Crippen LogP contribution in [0.15, 0.2) is 48.2 Å². The van der Waals surface area contributed by atoms with E-state index in [1.165, 1.54) is 29.8 Å². The van der Waals surface area contributed by atoms with E-state index in [1.54, 1.807) is 17.6 Å². The number of nitrogens with two attached hydrogens (primary N) is 1. The lowest BCUT2D eigenvalue weighted by Crippen LogP contribution is -2.13. The summed E-state index contributed by atoms with van der Waals surface area (Å²) in [5.74, 6) is -1.00. The number of aromatic nitrogens is 3. The number of phenolic OH excluding ortho intramolecular Hbond substituents is 1. The summed E-state index contributed by atoms with van der Waals surface area (Å²) < 4.78 is 15.2. The molecule has 2 aromatic carbocycles. The van der Waals surface area contributed by atoms with E-state index in [2.05, 4.69) is 20.3 Å². The molecule has 0 saturated carbocycles. The molecule has 0 radical (unpaired) electrons. The van der Waals surface area contributed by atoms with E-state index < -0.39 is 5.82 Å². The number of nitrogens with zero attached hydrogens (tertiary/aromatic N) is 3. The van der Waals surface area contributed by atoms with E-state index in [4.69, 9.17) is 17.3 Å². The number of anilines is 2. The quantitative estimate of drug-likeness (QED) is 0.306.